The van der Waals surface area contributed by atoms with Gasteiger partial charge in [0, 0.05) is 23.7 Å². The predicted molar refractivity (Wildman–Crippen MR) is 99.6 cm³/mol. The Labute approximate surface area is 152 Å². The average Bonchev–Trinajstić information content (AvgIpc) is 2.54. The van der Waals surface area contributed by atoms with E-state index in [1.807, 2.05) is 19.0 Å². The van der Waals surface area contributed by atoms with Gasteiger partial charge in [0.25, 0.3) is 15.9 Å². The number of nitrogens with zero attached hydrogens (tertiary/aromatic N) is 1. The maximum Gasteiger partial charge on any atom is 0.261 e. The van der Waals surface area contributed by atoms with Crippen molar-refractivity contribution in [1.82, 2.24) is 10.2 Å². The molecular weight excluding hydrogens is 362 g/mol. The lowest BCUT2D eigenvalue weighted by Crippen LogP contribution is -2.31. The van der Waals surface area contributed by atoms with Crippen LogP contribution < -0.4 is 10.0 Å². The van der Waals surface area contributed by atoms with Gasteiger partial charge in [0.15, 0.2) is 0 Å². The highest BCUT2D eigenvalue weighted by Crippen LogP contribution is 2.19. The molecule has 0 heterocycles. The molecule has 0 unspecified atom stereocenters. The Morgan fingerprint density at radius 1 is 1.12 bits per heavy atom. The quantitative estimate of drug-likeness (QED) is 0.772. The highest BCUT2D eigenvalue weighted by Gasteiger charge is 2.15. The molecule has 0 bridgehead atoms. The van der Waals surface area contributed by atoms with Crippen molar-refractivity contribution in [2.24, 2.45) is 0 Å². The van der Waals surface area contributed by atoms with Crippen molar-refractivity contribution in [1.29, 1.82) is 0 Å². The van der Waals surface area contributed by atoms with Crippen LogP contribution in [0.25, 0.3) is 0 Å². The lowest BCUT2D eigenvalue weighted by atomic mass is 10.2. The first kappa shape index (κ1) is 19.2. The fraction of sp³-hybridized carbons (Fsp3) is 0.235. The van der Waals surface area contributed by atoms with E-state index in [4.69, 9.17) is 11.6 Å². The third-order valence-electron chi connectivity index (χ3n) is 3.35. The maximum atomic E-state index is 12.4. The first-order chi connectivity index (χ1) is 11.8. The molecule has 2 aromatic rings. The van der Waals surface area contributed by atoms with E-state index in [9.17, 15) is 13.2 Å². The zero-order valence-electron chi connectivity index (χ0n) is 14.0. The van der Waals surface area contributed by atoms with Crippen molar-refractivity contribution in [3.8, 4) is 0 Å². The van der Waals surface area contributed by atoms with Crippen molar-refractivity contribution in [3.05, 3.63) is 59.1 Å². The summed E-state index contributed by atoms with van der Waals surface area (Å²) in [5, 5.41) is 3.21. The zero-order valence-corrected chi connectivity index (χ0v) is 15.6. The second-order valence-electron chi connectivity index (χ2n) is 5.70. The Balaban J connectivity index is 2.06. The van der Waals surface area contributed by atoms with E-state index in [1.165, 1.54) is 30.3 Å². The number of likely N-dealkylation sites (N-methyl/N-ethyl adjacent to an activating group) is 1. The normalized spacial score (nSPS) is 11.4. The number of amides is 1. The smallest absolute Gasteiger partial charge is 0.261 e. The highest BCUT2D eigenvalue weighted by molar-refractivity contribution is 7.92. The lowest BCUT2D eigenvalue weighted by molar-refractivity contribution is 0.0951. The molecule has 0 fully saturated rings. The molecule has 0 saturated carbocycles. The van der Waals surface area contributed by atoms with Gasteiger partial charge in [0.05, 0.1) is 10.6 Å². The fourth-order valence-corrected chi connectivity index (χ4v) is 3.29. The summed E-state index contributed by atoms with van der Waals surface area (Å²) >= 11 is 5.85. The molecule has 0 aliphatic carbocycles. The minimum Gasteiger partial charge on any atom is -0.351 e. The minimum absolute atomic E-state index is 0.0670. The standard InChI is InChI=1S/C17H20ClN3O3S/c1-21(2)11-10-19-17(22)13-6-8-16(9-7-13)25(23,24)20-15-5-3-4-14(18)12-15/h3-9,12,20H,10-11H2,1-2H3,(H,19,22). The number of hydrogen-bond donors (Lipinski definition) is 2. The third kappa shape index (κ3) is 5.74. The van der Waals surface area contributed by atoms with Gasteiger partial charge in [-0.05, 0) is 56.6 Å². The van der Waals surface area contributed by atoms with Crippen LogP contribution in [-0.4, -0.2) is 46.4 Å². The number of carbonyl (C=O) groups is 1. The number of nitrogens with one attached hydrogen (secondary N) is 2. The molecule has 8 heteroatoms. The Hall–Kier alpha value is -2.09. The first-order valence-electron chi connectivity index (χ1n) is 7.59. The van der Waals surface area contributed by atoms with E-state index in [-0.39, 0.29) is 10.8 Å². The van der Waals surface area contributed by atoms with Gasteiger partial charge in [-0.1, -0.05) is 17.7 Å². The number of sulfonamides is 1. The number of rotatable bonds is 7. The van der Waals surface area contributed by atoms with Gasteiger partial charge in [-0.3, -0.25) is 9.52 Å². The molecule has 0 saturated heterocycles. The van der Waals surface area contributed by atoms with Crippen LogP contribution in [0.4, 0.5) is 5.69 Å². The zero-order chi connectivity index (χ0) is 18.4. The Kier molecular flexibility index (Phi) is 6.41. The Morgan fingerprint density at radius 2 is 1.80 bits per heavy atom. The van der Waals surface area contributed by atoms with Gasteiger partial charge in [-0.25, -0.2) is 8.42 Å². The SMILES string of the molecule is CN(C)CCNC(=O)c1ccc(S(=O)(=O)Nc2cccc(Cl)c2)cc1. The number of halogens is 1. The topological polar surface area (TPSA) is 78.5 Å². The van der Waals surface area contributed by atoms with Gasteiger partial charge in [0.2, 0.25) is 0 Å². The van der Waals surface area contributed by atoms with Crippen molar-refractivity contribution in [2.45, 2.75) is 4.90 Å². The summed E-state index contributed by atoms with van der Waals surface area (Å²) in [5.41, 5.74) is 0.776. The minimum atomic E-state index is -3.75. The van der Waals surface area contributed by atoms with E-state index in [2.05, 4.69) is 10.0 Å². The van der Waals surface area contributed by atoms with Crippen LogP contribution >= 0.6 is 11.6 Å². The van der Waals surface area contributed by atoms with Crippen LogP contribution in [0.2, 0.25) is 5.02 Å². The Bertz CT molecular complexity index is 836. The van der Waals surface area contributed by atoms with Crippen LogP contribution in [0, 0.1) is 0 Å². The van der Waals surface area contributed by atoms with Crippen molar-refractivity contribution >= 4 is 33.2 Å². The Morgan fingerprint density at radius 3 is 2.40 bits per heavy atom. The fourth-order valence-electron chi connectivity index (χ4n) is 2.05. The molecule has 134 valence electrons. The van der Waals surface area contributed by atoms with Crippen molar-refractivity contribution < 1.29 is 13.2 Å². The van der Waals surface area contributed by atoms with Crippen LogP contribution in [-0.2, 0) is 10.0 Å². The summed E-state index contributed by atoms with van der Waals surface area (Å²) in [6, 6.07) is 12.2. The number of anilines is 1. The molecule has 0 aromatic heterocycles. The molecule has 0 atom stereocenters. The number of benzene rings is 2. The summed E-state index contributed by atoms with van der Waals surface area (Å²) in [4.78, 5) is 14.0. The first-order valence-corrected chi connectivity index (χ1v) is 9.45. The largest absolute Gasteiger partial charge is 0.351 e. The summed E-state index contributed by atoms with van der Waals surface area (Å²) in [6.45, 7) is 1.24. The van der Waals surface area contributed by atoms with Crippen LogP contribution in [0.5, 0.6) is 0 Å². The van der Waals surface area contributed by atoms with Crippen LogP contribution in [0.1, 0.15) is 10.4 Å². The summed E-state index contributed by atoms with van der Waals surface area (Å²) in [5.74, 6) is -0.242. The lowest BCUT2D eigenvalue weighted by Gasteiger charge is -2.11. The molecule has 6 nitrogen and oxygen atoms in total. The van der Waals surface area contributed by atoms with Gasteiger partial charge in [-0.2, -0.15) is 0 Å². The average molecular weight is 382 g/mol. The van der Waals surface area contributed by atoms with E-state index >= 15 is 0 Å². The monoisotopic (exact) mass is 381 g/mol. The van der Waals surface area contributed by atoms with Crippen molar-refractivity contribution in [3.63, 3.8) is 0 Å². The summed E-state index contributed by atoms with van der Waals surface area (Å²) < 4.78 is 27.2. The second kappa shape index (κ2) is 8.33. The van der Waals surface area contributed by atoms with Gasteiger partial charge >= 0.3 is 0 Å². The van der Waals surface area contributed by atoms with Crippen LogP contribution in [0.15, 0.2) is 53.4 Å². The van der Waals surface area contributed by atoms with Gasteiger partial charge in [0.1, 0.15) is 0 Å². The van der Waals surface area contributed by atoms with E-state index < -0.39 is 10.0 Å². The van der Waals surface area contributed by atoms with Crippen LogP contribution in [0.3, 0.4) is 0 Å². The molecular formula is C17H20ClN3O3S. The molecule has 0 aliphatic rings. The molecule has 2 rings (SSSR count). The second-order valence-corrected chi connectivity index (χ2v) is 7.82. The molecule has 0 spiro atoms. The molecule has 2 aromatic carbocycles. The number of carbonyl (C=O) groups excluding carboxylic acids is 1. The molecule has 0 aliphatic heterocycles. The third-order valence-corrected chi connectivity index (χ3v) is 4.98. The molecule has 25 heavy (non-hydrogen) atoms. The molecule has 0 radical (unpaired) electrons. The molecule has 2 N–H and O–H groups in total. The highest BCUT2D eigenvalue weighted by atomic mass is 35.5. The van der Waals surface area contributed by atoms with E-state index in [1.54, 1.807) is 18.2 Å². The van der Waals surface area contributed by atoms with Crippen molar-refractivity contribution in [2.75, 3.05) is 31.9 Å². The van der Waals surface area contributed by atoms with E-state index in [0.29, 0.717) is 22.8 Å². The van der Waals surface area contributed by atoms with E-state index in [0.717, 1.165) is 6.54 Å². The predicted octanol–water partition coefficient (Wildman–Crippen LogP) is 2.43. The molecule has 1 amide bonds. The summed E-state index contributed by atoms with van der Waals surface area (Å²) in [7, 11) is 0.0831. The number of hydrogen-bond acceptors (Lipinski definition) is 4. The van der Waals surface area contributed by atoms with Gasteiger partial charge < -0.3 is 10.2 Å². The summed E-state index contributed by atoms with van der Waals surface area (Å²) in [6.07, 6.45) is 0. The maximum absolute atomic E-state index is 12.4. The van der Waals surface area contributed by atoms with Gasteiger partial charge in [-0.15, -0.1) is 0 Å².